The first-order valence-corrected chi connectivity index (χ1v) is 6.24. The molecule has 1 saturated heterocycles. The molecule has 1 aliphatic heterocycles. The Morgan fingerprint density at radius 1 is 1.56 bits per heavy atom. The highest BCUT2D eigenvalue weighted by Gasteiger charge is 2.37. The van der Waals surface area contributed by atoms with Crippen molar-refractivity contribution in [1.82, 2.24) is 4.98 Å². The summed E-state index contributed by atoms with van der Waals surface area (Å²) >= 11 is 0. The summed E-state index contributed by atoms with van der Waals surface area (Å²) in [5.41, 5.74) is 3.06. The van der Waals surface area contributed by atoms with Crippen molar-refractivity contribution in [2.75, 3.05) is 11.9 Å². The molecule has 1 aromatic heterocycles. The molecule has 0 aromatic carbocycles. The Morgan fingerprint density at radius 3 is 2.83 bits per heavy atom. The smallest absolute Gasteiger partial charge is 0.103 e. The van der Waals surface area contributed by atoms with Crippen LogP contribution in [0.3, 0.4) is 0 Å². The highest BCUT2D eigenvalue weighted by atomic mass is 16.5. The molecule has 0 amide bonds. The number of anilines is 1. The fourth-order valence-corrected chi connectivity index (χ4v) is 2.38. The molecule has 1 fully saturated rings. The number of nitrogens with one attached hydrogen (secondary N) is 1. The maximum Gasteiger partial charge on any atom is 0.103 e. The summed E-state index contributed by atoms with van der Waals surface area (Å²) in [6.07, 6.45) is 1.08. The maximum absolute atomic E-state index is 9.25. The van der Waals surface area contributed by atoms with Crippen molar-refractivity contribution in [3.05, 3.63) is 23.0 Å². The van der Waals surface area contributed by atoms with Crippen molar-refractivity contribution in [2.45, 2.75) is 45.8 Å². The molecule has 4 nitrogen and oxygen atoms in total. The van der Waals surface area contributed by atoms with E-state index in [9.17, 15) is 5.26 Å². The van der Waals surface area contributed by atoms with Crippen LogP contribution in [0.5, 0.6) is 0 Å². The molecule has 4 heteroatoms. The van der Waals surface area contributed by atoms with Crippen LogP contribution < -0.4 is 5.32 Å². The molecule has 0 spiro atoms. The summed E-state index contributed by atoms with van der Waals surface area (Å²) in [7, 11) is 0. The molecule has 0 bridgehead atoms. The van der Waals surface area contributed by atoms with E-state index in [-0.39, 0.29) is 11.6 Å². The third-order valence-corrected chi connectivity index (χ3v) is 3.75. The Hall–Kier alpha value is -1.60. The third kappa shape index (κ3) is 2.19. The molecular formula is C14H19N3O. The number of pyridine rings is 1. The zero-order valence-electron chi connectivity index (χ0n) is 11.4. The highest BCUT2D eigenvalue weighted by molar-refractivity contribution is 5.61. The molecule has 96 valence electrons. The topological polar surface area (TPSA) is 57.9 Å². The largest absolute Gasteiger partial charge is 0.376 e. The van der Waals surface area contributed by atoms with Gasteiger partial charge in [0, 0.05) is 12.3 Å². The van der Waals surface area contributed by atoms with Crippen LogP contribution in [0.4, 0.5) is 5.69 Å². The van der Waals surface area contributed by atoms with E-state index in [0.717, 1.165) is 30.1 Å². The minimum absolute atomic E-state index is 0.119. The van der Waals surface area contributed by atoms with Crippen LogP contribution in [0, 0.1) is 25.2 Å². The van der Waals surface area contributed by atoms with Gasteiger partial charge in [0.1, 0.15) is 6.07 Å². The van der Waals surface area contributed by atoms with Gasteiger partial charge in [-0.3, -0.25) is 4.98 Å². The van der Waals surface area contributed by atoms with Crippen LogP contribution in [0.25, 0.3) is 0 Å². The Kier molecular flexibility index (Phi) is 3.27. The van der Waals surface area contributed by atoms with Crippen LogP contribution >= 0.6 is 0 Å². The van der Waals surface area contributed by atoms with E-state index in [1.54, 1.807) is 0 Å². The van der Waals surface area contributed by atoms with E-state index in [1.807, 2.05) is 19.9 Å². The summed E-state index contributed by atoms with van der Waals surface area (Å²) < 4.78 is 5.61. The second-order valence-corrected chi connectivity index (χ2v) is 5.19. The number of aryl methyl sites for hydroxylation is 2. The molecule has 0 aliphatic carbocycles. The van der Waals surface area contributed by atoms with Gasteiger partial charge in [-0.1, -0.05) is 0 Å². The Balaban J connectivity index is 2.37. The summed E-state index contributed by atoms with van der Waals surface area (Å²) in [5, 5.41) is 12.7. The maximum atomic E-state index is 9.25. The number of hydrogen-bond donors (Lipinski definition) is 1. The first-order valence-electron chi connectivity index (χ1n) is 6.24. The van der Waals surface area contributed by atoms with Gasteiger partial charge >= 0.3 is 0 Å². The molecule has 2 atom stereocenters. The van der Waals surface area contributed by atoms with Crippen molar-refractivity contribution in [2.24, 2.45) is 0 Å². The van der Waals surface area contributed by atoms with Crippen LogP contribution in [-0.2, 0) is 4.74 Å². The summed E-state index contributed by atoms with van der Waals surface area (Å²) in [6.45, 7) is 8.77. The molecule has 1 N–H and O–H groups in total. The van der Waals surface area contributed by atoms with Crippen molar-refractivity contribution >= 4 is 5.69 Å². The molecule has 2 unspecified atom stereocenters. The number of hydrogen-bond acceptors (Lipinski definition) is 4. The van der Waals surface area contributed by atoms with Gasteiger partial charge in [0.15, 0.2) is 0 Å². The van der Waals surface area contributed by atoms with Crippen molar-refractivity contribution in [3.63, 3.8) is 0 Å². The SMILES string of the molecule is Cc1cc(NC2(C)CCOC2C)c(C#N)c(C)n1. The van der Waals surface area contributed by atoms with Crippen molar-refractivity contribution in [1.29, 1.82) is 5.26 Å². The third-order valence-electron chi connectivity index (χ3n) is 3.75. The van der Waals surface area contributed by atoms with Gasteiger partial charge in [0.25, 0.3) is 0 Å². The lowest BCUT2D eigenvalue weighted by Gasteiger charge is -2.30. The van der Waals surface area contributed by atoms with E-state index in [4.69, 9.17) is 4.74 Å². The molecule has 0 saturated carbocycles. The molecule has 2 rings (SSSR count). The molecule has 2 heterocycles. The van der Waals surface area contributed by atoms with E-state index < -0.39 is 0 Å². The minimum atomic E-state index is -0.119. The van der Waals surface area contributed by atoms with Crippen LogP contribution in [0.15, 0.2) is 6.07 Å². The van der Waals surface area contributed by atoms with Gasteiger partial charge in [-0.05, 0) is 40.2 Å². The predicted octanol–water partition coefficient (Wildman–Crippen LogP) is 2.55. The lowest BCUT2D eigenvalue weighted by Crippen LogP contribution is -2.41. The van der Waals surface area contributed by atoms with Crippen molar-refractivity contribution < 1.29 is 4.74 Å². The molecule has 1 aliphatic rings. The number of ether oxygens (including phenoxy) is 1. The average molecular weight is 245 g/mol. The zero-order valence-corrected chi connectivity index (χ0v) is 11.4. The monoisotopic (exact) mass is 245 g/mol. The van der Waals surface area contributed by atoms with Crippen LogP contribution in [0.2, 0.25) is 0 Å². The first kappa shape index (κ1) is 12.8. The normalized spacial score (nSPS) is 26.9. The van der Waals surface area contributed by atoms with Crippen molar-refractivity contribution in [3.8, 4) is 6.07 Å². The zero-order chi connectivity index (χ0) is 13.3. The van der Waals surface area contributed by atoms with Gasteiger partial charge in [0.05, 0.1) is 28.6 Å². The number of nitriles is 1. The van der Waals surface area contributed by atoms with E-state index in [1.165, 1.54) is 0 Å². The van der Waals surface area contributed by atoms with Crippen LogP contribution in [0.1, 0.15) is 37.2 Å². The second-order valence-electron chi connectivity index (χ2n) is 5.19. The van der Waals surface area contributed by atoms with E-state index in [2.05, 4.69) is 30.2 Å². The molecule has 18 heavy (non-hydrogen) atoms. The second kappa shape index (κ2) is 4.58. The minimum Gasteiger partial charge on any atom is -0.376 e. The quantitative estimate of drug-likeness (QED) is 0.870. The Bertz CT molecular complexity index is 506. The molecule has 1 aromatic rings. The molecule has 0 radical (unpaired) electrons. The van der Waals surface area contributed by atoms with Gasteiger partial charge in [-0.15, -0.1) is 0 Å². The van der Waals surface area contributed by atoms with E-state index in [0.29, 0.717) is 5.56 Å². The number of rotatable bonds is 2. The lowest BCUT2D eigenvalue weighted by molar-refractivity contribution is 0.105. The van der Waals surface area contributed by atoms with Gasteiger partial charge in [-0.2, -0.15) is 5.26 Å². The average Bonchev–Trinajstić information content (AvgIpc) is 2.58. The fraction of sp³-hybridized carbons (Fsp3) is 0.571. The number of aromatic nitrogens is 1. The Morgan fingerprint density at radius 2 is 2.28 bits per heavy atom. The summed E-state index contributed by atoms with van der Waals surface area (Å²) in [4.78, 5) is 4.33. The Labute approximate surface area is 108 Å². The predicted molar refractivity (Wildman–Crippen MR) is 70.5 cm³/mol. The molecular weight excluding hydrogens is 226 g/mol. The lowest BCUT2D eigenvalue weighted by atomic mass is 9.93. The van der Waals surface area contributed by atoms with Gasteiger partial charge in [0.2, 0.25) is 0 Å². The standard InChI is InChI=1S/C14H19N3O/c1-9-7-13(12(8-15)10(2)16-9)17-14(4)5-6-18-11(14)3/h7,11H,5-6H2,1-4H3,(H,16,17). The summed E-state index contributed by atoms with van der Waals surface area (Å²) in [6, 6.07) is 4.16. The first-order chi connectivity index (χ1) is 8.46. The summed E-state index contributed by atoms with van der Waals surface area (Å²) in [5.74, 6) is 0. The highest BCUT2D eigenvalue weighted by Crippen LogP contribution is 2.31. The van der Waals surface area contributed by atoms with Gasteiger partial charge < -0.3 is 10.1 Å². The van der Waals surface area contributed by atoms with Gasteiger partial charge in [-0.25, -0.2) is 0 Å². The van der Waals surface area contributed by atoms with Crippen LogP contribution in [-0.4, -0.2) is 23.2 Å². The number of nitrogens with zero attached hydrogens (tertiary/aromatic N) is 2. The van der Waals surface area contributed by atoms with E-state index >= 15 is 0 Å². The fourth-order valence-electron chi connectivity index (χ4n) is 2.38.